The summed E-state index contributed by atoms with van der Waals surface area (Å²) in [6.07, 6.45) is 0.717. The smallest absolute Gasteiger partial charge is 0.292 e. The van der Waals surface area contributed by atoms with Crippen molar-refractivity contribution >= 4 is 11.7 Å². The minimum absolute atomic E-state index is 0.000804. The van der Waals surface area contributed by atoms with Gasteiger partial charge in [0.25, 0.3) is 5.91 Å². The normalized spacial score (nSPS) is 16.7. The van der Waals surface area contributed by atoms with Crippen LogP contribution in [0.15, 0.2) is 60.7 Å². The van der Waals surface area contributed by atoms with Gasteiger partial charge in [-0.25, -0.2) is 4.39 Å². The Bertz CT molecular complexity index is 1400. The number of aliphatic hydroxyl groups excluding tert-OH is 1. The molecule has 0 radical (unpaired) electrons. The Kier molecular flexibility index (Phi) is 8.40. The lowest BCUT2D eigenvalue weighted by atomic mass is 9.95. The van der Waals surface area contributed by atoms with Crippen molar-refractivity contribution in [3.63, 3.8) is 0 Å². The number of carbonyl (C=O) groups is 2. The largest absolute Gasteiger partial charge is 0.486 e. The van der Waals surface area contributed by atoms with Gasteiger partial charge in [0.2, 0.25) is 5.78 Å². The number of ether oxygens (including phenoxy) is 2. The fourth-order valence-corrected chi connectivity index (χ4v) is 5.25. The summed E-state index contributed by atoms with van der Waals surface area (Å²) in [7, 11) is 0. The lowest BCUT2D eigenvalue weighted by Gasteiger charge is -2.29. The van der Waals surface area contributed by atoms with Crippen LogP contribution in [0, 0.1) is 5.82 Å². The SMILES string of the molecule is CC(C)(O)c1ccc(-c2ccc(C(=O)C(=O)NC(CN3CCCC3)C(O)c3cc(F)c4c(c3)OCCO4)cc2)cc1. The summed E-state index contributed by atoms with van der Waals surface area (Å²) < 4.78 is 25.6. The number of hydrogen-bond donors (Lipinski definition) is 3. The Morgan fingerprint density at radius 1 is 0.976 bits per heavy atom. The molecule has 2 unspecified atom stereocenters. The molecular weight excluding hydrogens is 527 g/mol. The van der Waals surface area contributed by atoms with Crippen LogP contribution in [0.5, 0.6) is 11.5 Å². The second kappa shape index (κ2) is 12.0. The lowest BCUT2D eigenvalue weighted by molar-refractivity contribution is -0.118. The number of fused-ring (bicyclic) bond motifs is 1. The fraction of sp³-hybridized carbons (Fsp3) is 0.375. The molecule has 41 heavy (non-hydrogen) atoms. The zero-order valence-corrected chi connectivity index (χ0v) is 23.2. The summed E-state index contributed by atoms with van der Waals surface area (Å²) in [5.74, 6) is -2.05. The summed E-state index contributed by atoms with van der Waals surface area (Å²) >= 11 is 0. The first-order valence-electron chi connectivity index (χ1n) is 13.9. The third-order valence-corrected chi connectivity index (χ3v) is 7.59. The first-order chi connectivity index (χ1) is 19.6. The number of nitrogens with zero attached hydrogens (tertiary/aromatic N) is 1. The molecule has 0 bridgehead atoms. The molecule has 0 aliphatic carbocycles. The number of hydrogen-bond acceptors (Lipinski definition) is 7. The van der Waals surface area contributed by atoms with Crippen molar-refractivity contribution in [3.8, 4) is 22.6 Å². The van der Waals surface area contributed by atoms with E-state index in [1.54, 1.807) is 38.1 Å². The highest BCUT2D eigenvalue weighted by molar-refractivity contribution is 6.42. The quantitative estimate of drug-likeness (QED) is 0.267. The molecule has 2 aliphatic heterocycles. The van der Waals surface area contributed by atoms with Crippen molar-refractivity contribution in [1.82, 2.24) is 10.2 Å². The summed E-state index contributed by atoms with van der Waals surface area (Å²) in [5.41, 5.74) is 2.03. The molecule has 3 aromatic carbocycles. The van der Waals surface area contributed by atoms with Gasteiger partial charge in [0.1, 0.15) is 19.3 Å². The van der Waals surface area contributed by atoms with E-state index in [0.29, 0.717) is 6.54 Å². The molecule has 0 saturated carbocycles. The van der Waals surface area contributed by atoms with E-state index >= 15 is 0 Å². The van der Waals surface area contributed by atoms with Gasteiger partial charge in [-0.05, 0) is 74.2 Å². The van der Waals surface area contributed by atoms with Gasteiger partial charge in [0.05, 0.1) is 11.6 Å². The number of aliphatic hydroxyl groups is 2. The number of amides is 1. The van der Waals surface area contributed by atoms with E-state index in [4.69, 9.17) is 9.47 Å². The van der Waals surface area contributed by atoms with Crippen LogP contribution in [-0.4, -0.2) is 65.7 Å². The van der Waals surface area contributed by atoms with Crippen molar-refractivity contribution in [3.05, 3.63) is 83.2 Å². The number of Topliss-reactive ketones (excluding diaryl/α,β-unsaturated/α-hetero) is 1. The maximum absolute atomic E-state index is 14.7. The van der Waals surface area contributed by atoms with Gasteiger partial charge in [-0.2, -0.15) is 0 Å². The minimum Gasteiger partial charge on any atom is -0.486 e. The van der Waals surface area contributed by atoms with E-state index in [2.05, 4.69) is 10.2 Å². The maximum Gasteiger partial charge on any atom is 0.292 e. The number of rotatable bonds is 9. The van der Waals surface area contributed by atoms with Gasteiger partial charge >= 0.3 is 0 Å². The van der Waals surface area contributed by atoms with E-state index in [9.17, 15) is 24.2 Å². The Balaban J connectivity index is 1.31. The zero-order valence-electron chi connectivity index (χ0n) is 23.2. The van der Waals surface area contributed by atoms with Crippen LogP contribution >= 0.6 is 0 Å². The summed E-state index contributed by atoms with van der Waals surface area (Å²) in [6.45, 7) is 5.85. The van der Waals surface area contributed by atoms with Crippen LogP contribution in [0.1, 0.15) is 54.3 Å². The molecule has 0 aromatic heterocycles. The molecule has 216 valence electrons. The van der Waals surface area contributed by atoms with E-state index in [-0.39, 0.29) is 35.8 Å². The van der Waals surface area contributed by atoms with Gasteiger partial charge in [-0.15, -0.1) is 0 Å². The van der Waals surface area contributed by atoms with Crippen LogP contribution in [0.3, 0.4) is 0 Å². The Morgan fingerprint density at radius 2 is 1.59 bits per heavy atom. The van der Waals surface area contributed by atoms with Crippen molar-refractivity contribution in [2.45, 2.75) is 44.4 Å². The molecular formula is C32H35FN2O6. The molecule has 9 heteroatoms. The second-order valence-electron chi connectivity index (χ2n) is 11.1. The molecule has 8 nitrogen and oxygen atoms in total. The molecule has 3 N–H and O–H groups in total. The van der Waals surface area contributed by atoms with Crippen LogP contribution < -0.4 is 14.8 Å². The standard InChI is InChI=1S/C32H35FN2O6/c1-32(2,39)24-11-9-21(10-12-24)20-5-7-22(8-6-20)29(37)31(38)34-26(19-35-13-3-4-14-35)28(36)23-17-25(33)30-27(18-23)40-15-16-41-30/h5-12,17-18,26,28,36,39H,3-4,13-16,19H2,1-2H3,(H,34,38). The highest BCUT2D eigenvalue weighted by Gasteiger charge is 2.31. The summed E-state index contributed by atoms with van der Waals surface area (Å²) in [5, 5.41) is 24.2. The molecule has 1 fully saturated rings. The van der Waals surface area contributed by atoms with E-state index in [1.807, 2.05) is 24.3 Å². The third-order valence-electron chi connectivity index (χ3n) is 7.59. The Hall–Kier alpha value is -3.79. The number of benzene rings is 3. The maximum atomic E-state index is 14.7. The van der Waals surface area contributed by atoms with Gasteiger partial charge in [-0.1, -0.05) is 48.5 Å². The van der Waals surface area contributed by atoms with Gasteiger partial charge < -0.3 is 29.9 Å². The van der Waals surface area contributed by atoms with Crippen LogP contribution in [-0.2, 0) is 10.4 Å². The van der Waals surface area contributed by atoms with Crippen molar-refractivity contribution in [1.29, 1.82) is 0 Å². The van der Waals surface area contributed by atoms with Crippen molar-refractivity contribution in [2.75, 3.05) is 32.8 Å². The predicted molar refractivity (Wildman–Crippen MR) is 151 cm³/mol. The Labute approximate surface area is 238 Å². The average molecular weight is 563 g/mol. The molecule has 1 amide bonds. The monoisotopic (exact) mass is 562 g/mol. The van der Waals surface area contributed by atoms with Crippen LogP contribution in [0.2, 0.25) is 0 Å². The molecule has 2 aliphatic rings. The highest BCUT2D eigenvalue weighted by Crippen LogP contribution is 2.36. The minimum atomic E-state index is -1.29. The predicted octanol–water partition coefficient (Wildman–Crippen LogP) is 3.99. The van der Waals surface area contributed by atoms with Crippen molar-refractivity contribution < 1.29 is 33.7 Å². The van der Waals surface area contributed by atoms with E-state index in [0.717, 1.165) is 42.6 Å². The Morgan fingerprint density at radius 3 is 2.22 bits per heavy atom. The number of halogens is 1. The molecule has 3 aromatic rings. The van der Waals surface area contributed by atoms with E-state index < -0.39 is 35.3 Å². The van der Waals surface area contributed by atoms with Gasteiger partial charge in [-0.3, -0.25) is 9.59 Å². The molecule has 2 heterocycles. The summed E-state index contributed by atoms with van der Waals surface area (Å²) in [4.78, 5) is 28.3. The second-order valence-corrected chi connectivity index (χ2v) is 11.1. The molecule has 2 atom stereocenters. The van der Waals surface area contributed by atoms with Crippen LogP contribution in [0.25, 0.3) is 11.1 Å². The number of ketones is 1. The van der Waals surface area contributed by atoms with E-state index in [1.165, 1.54) is 12.1 Å². The average Bonchev–Trinajstić information content (AvgIpc) is 3.49. The highest BCUT2D eigenvalue weighted by atomic mass is 19.1. The fourth-order valence-electron chi connectivity index (χ4n) is 5.25. The van der Waals surface area contributed by atoms with Crippen molar-refractivity contribution in [2.24, 2.45) is 0 Å². The lowest BCUT2D eigenvalue weighted by Crippen LogP contribution is -2.48. The topological polar surface area (TPSA) is 108 Å². The van der Waals surface area contributed by atoms with Gasteiger partial charge in [0.15, 0.2) is 17.3 Å². The van der Waals surface area contributed by atoms with Crippen LogP contribution in [0.4, 0.5) is 4.39 Å². The zero-order chi connectivity index (χ0) is 29.1. The number of carbonyl (C=O) groups excluding carboxylic acids is 2. The molecule has 0 spiro atoms. The molecule has 1 saturated heterocycles. The first-order valence-corrected chi connectivity index (χ1v) is 13.9. The summed E-state index contributed by atoms with van der Waals surface area (Å²) in [6, 6.07) is 16.0. The third kappa shape index (κ3) is 6.59. The van der Waals surface area contributed by atoms with Gasteiger partial charge in [0, 0.05) is 12.1 Å². The number of nitrogens with one attached hydrogen (secondary N) is 1. The molecule has 5 rings (SSSR count). The first kappa shape index (κ1) is 28.7. The number of likely N-dealkylation sites (tertiary alicyclic amines) is 1.